The van der Waals surface area contributed by atoms with Gasteiger partial charge in [0.25, 0.3) is 0 Å². The van der Waals surface area contributed by atoms with E-state index in [0.29, 0.717) is 16.5 Å². The number of carboxylic acids is 1. The van der Waals surface area contributed by atoms with Crippen molar-refractivity contribution in [3.8, 4) is 0 Å². The first-order valence-corrected chi connectivity index (χ1v) is 6.02. The Bertz CT molecular complexity index is 445. The predicted octanol–water partition coefficient (Wildman–Crippen LogP) is 2.22. The summed E-state index contributed by atoms with van der Waals surface area (Å²) in [5.41, 5.74) is 6.25. The minimum atomic E-state index is -0.971. The molecule has 0 fully saturated rings. The Balaban J connectivity index is 2.80. The number of halogens is 1. The van der Waals surface area contributed by atoms with Gasteiger partial charge in [-0.2, -0.15) is 0 Å². The van der Waals surface area contributed by atoms with E-state index in [9.17, 15) is 4.79 Å². The summed E-state index contributed by atoms with van der Waals surface area (Å²) in [6.45, 7) is 3.60. The van der Waals surface area contributed by atoms with E-state index in [1.165, 1.54) is 17.8 Å². The van der Waals surface area contributed by atoms with E-state index in [1.807, 2.05) is 6.92 Å². The zero-order valence-corrected chi connectivity index (χ0v) is 10.9. The molecule has 0 radical (unpaired) electrons. The van der Waals surface area contributed by atoms with E-state index in [4.69, 9.17) is 22.4 Å². The Kier molecular flexibility index (Phi) is 4.77. The summed E-state index contributed by atoms with van der Waals surface area (Å²) in [4.78, 5) is 18.5. The average Bonchev–Trinajstić information content (AvgIpc) is 2.14. The summed E-state index contributed by atoms with van der Waals surface area (Å²) in [6, 6.07) is 1.45. The number of hydrogen-bond donors (Lipinski definition) is 2. The predicted molar refractivity (Wildman–Crippen MR) is 68.2 cm³/mol. The fraction of sp³-hybridized carbons (Fsp3) is 0.300. The first-order chi connectivity index (χ1) is 7.88. The van der Waals surface area contributed by atoms with Crippen LogP contribution in [0.2, 0.25) is 5.15 Å². The van der Waals surface area contributed by atoms with Crippen LogP contribution in [0.4, 0.5) is 5.82 Å². The van der Waals surface area contributed by atoms with Crippen LogP contribution in [0.3, 0.4) is 0 Å². The van der Waals surface area contributed by atoms with Gasteiger partial charge < -0.3 is 10.8 Å². The lowest BCUT2D eigenvalue weighted by atomic mass is 10.2. The van der Waals surface area contributed by atoms with E-state index in [2.05, 4.69) is 9.97 Å². The van der Waals surface area contributed by atoms with Gasteiger partial charge in [-0.15, -0.1) is 0 Å². The van der Waals surface area contributed by atoms with E-state index in [1.54, 1.807) is 6.92 Å². The molecule has 1 heterocycles. The van der Waals surface area contributed by atoms with Gasteiger partial charge in [0.2, 0.25) is 0 Å². The minimum absolute atomic E-state index is 0.0658. The number of carboxylic acid groups (broad SMARTS) is 1. The number of carbonyl (C=O) groups is 1. The second-order valence-electron chi connectivity index (χ2n) is 3.38. The smallest absolute Gasteiger partial charge is 0.328 e. The molecular formula is C10H12ClN3O2S. The topological polar surface area (TPSA) is 89.1 Å². The molecule has 92 valence electrons. The summed E-state index contributed by atoms with van der Waals surface area (Å²) in [5, 5.41) is 9.26. The molecule has 0 aliphatic carbocycles. The Morgan fingerprint density at radius 2 is 2.29 bits per heavy atom. The van der Waals surface area contributed by atoms with Crippen LogP contribution in [-0.2, 0) is 4.79 Å². The Labute approximate surface area is 108 Å². The standard InChI is InChI=1S/C10H12ClN3O2S/c1-5(3-9(15)16)6(2)17-10-13-7(11)4-8(12)14-10/h3-4,6H,1-2H3,(H,15,16)(H2,12,13,14)/b5-3+. The molecule has 5 nitrogen and oxygen atoms in total. The van der Waals surface area contributed by atoms with Crippen LogP contribution >= 0.6 is 23.4 Å². The minimum Gasteiger partial charge on any atom is -0.478 e. The lowest BCUT2D eigenvalue weighted by Crippen LogP contribution is -2.04. The van der Waals surface area contributed by atoms with Crippen molar-refractivity contribution in [2.45, 2.75) is 24.3 Å². The van der Waals surface area contributed by atoms with Gasteiger partial charge in [0, 0.05) is 17.4 Å². The molecule has 0 bridgehead atoms. The van der Waals surface area contributed by atoms with Crippen LogP contribution in [0, 0.1) is 0 Å². The van der Waals surface area contributed by atoms with Gasteiger partial charge in [-0.25, -0.2) is 14.8 Å². The van der Waals surface area contributed by atoms with Crippen LogP contribution in [-0.4, -0.2) is 26.3 Å². The highest BCUT2D eigenvalue weighted by Crippen LogP contribution is 2.26. The lowest BCUT2D eigenvalue weighted by molar-refractivity contribution is -0.131. The van der Waals surface area contributed by atoms with Gasteiger partial charge in [-0.3, -0.25) is 0 Å². The van der Waals surface area contributed by atoms with Crippen molar-refractivity contribution in [2.75, 3.05) is 5.73 Å². The number of hydrogen-bond acceptors (Lipinski definition) is 5. The second-order valence-corrected chi connectivity index (χ2v) is 5.08. The number of aromatic nitrogens is 2. The monoisotopic (exact) mass is 273 g/mol. The van der Waals surface area contributed by atoms with Crippen LogP contribution in [0.25, 0.3) is 0 Å². The third-order valence-corrected chi connectivity index (χ3v) is 3.28. The lowest BCUT2D eigenvalue weighted by Gasteiger charge is -2.10. The third kappa shape index (κ3) is 4.62. The molecule has 7 heteroatoms. The maximum Gasteiger partial charge on any atom is 0.328 e. The van der Waals surface area contributed by atoms with Crippen molar-refractivity contribution >= 4 is 35.1 Å². The first-order valence-electron chi connectivity index (χ1n) is 4.76. The number of nitrogens with two attached hydrogens (primary N) is 1. The second kappa shape index (κ2) is 5.88. The van der Waals surface area contributed by atoms with Crippen LogP contribution in [0.1, 0.15) is 13.8 Å². The molecule has 1 rings (SSSR count). The van der Waals surface area contributed by atoms with Crippen LogP contribution < -0.4 is 5.73 Å². The molecule has 0 saturated heterocycles. The Morgan fingerprint density at radius 3 is 2.82 bits per heavy atom. The highest BCUT2D eigenvalue weighted by molar-refractivity contribution is 7.99. The molecule has 17 heavy (non-hydrogen) atoms. The van der Waals surface area contributed by atoms with Crippen molar-refractivity contribution in [1.29, 1.82) is 0 Å². The summed E-state index contributed by atoms with van der Waals surface area (Å²) in [7, 11) is 0. The number of thioether (sulfide) groups is 1. The largest absolute Gasteiger partial charge is 0.478 e. The summed E-state index contributed by atoms with van der Waals surface area (Å²) in [6.07, 6.45) is 1.16. The molecule has 1 aromatic rings. The highest BCUT2D eigenvalue weighted by atomic mass is 35.5. The zero-order chi connectivity index (χ0) is 13.0. The van der Waals surface area contributed by atoms with Crippen molar-refractivity contribution in [1.82, 2.24) is 9.97 Å². The fourth-order valence-electron chi connectivity index (χ4n) is 1.03. The molecule has 0 aromatic carbocycles. The van der Waals surface area contributed by atoms with Gasteiger partial charge in [-0.1, -0.05) is 28.9 Å². The van der Waals surface area contributed by atoms with Crippen molar-refractivity contribution in [3.63, 3.8) is 0 Å². The summed E-state index contributed by atoms with van der Waals surface area (Å²) < 4.78 is 0. The molecular weight excluding hydrogens is 262 g/mol. The number of anilines is 1. The van der Waals surface area contributed by atoms with Gasteiger partial charge >= 0.3 is 5.97 Å². The number of nitrogen functional groups attached to an aromatic ring is 1. The van der Waals surface area contributed by atoms with Crippen molar-refractivity contribution in [3.05, 3.63) is 22.9 Å². The number of nitrogens with zero attached hydrogens (tertiary/aromatic N) is 2. The first kappa shape index (κ1) is 13.8. The van der Waals surface area contributed by atoms with E-state index in [-0.39, 0.29) is 10.4 Å². The maximum absolute atomic E-state index is 10.5. The van der Waals surface area contributed by atoms with E-state index < -0.39 is 5.97 Å². The van der Waals surface area contributed by atoms with E-state index in [0.717, 1.165) is 6.08 Å². The molecule has 1 atom stereocenters. The van der Waals surface area contributed by atoms with E-state index >= 15 is 0 Å². The molecule has 0 saturated carbocycles. The maximum atomic E-state index is 10.5. The van der Waals surface area contributed by atoms with Crippen molar-refractivity contribution in [2.24, 2.45) is 0 Å². The van der Waals surface area contributed by atoms with Gasteiger partial charge in [0.15, 0.2) is 5.16 Å². The Hall–Kier alpha value is -1.27. The Morgan fingerprint density at radius 1 is 1.65 bits per heavy atom. The quantitative estimate of drug-likeness (QED) is 0.378. The molecule has 0 amide bonds. The van der Waals surface area contributed by atoms with Gasteiger partial charge in [0.1, 0.15) is 11.0 Å². The molecule has 0 aliphatic heterocycles. The zero-order valence-electron chi connectivity index (χ0n) is 9.35. The molecule has 1 unspecified atom stereocenters. The fourth-order valence-corrected chi connectivity index (χ4v) is 2.15. The van der Waals surface area contributed by atoms with Crippen LogP contribution in [0.15, 0.2) is 22.9 Å². The molecule has 3 N–H and O–H groups in total. The number of rotatable bonds is 4. The molecule has 1 aromatic heterocycles. The number of aliphatic carboxylic acids is 1. The normalized spacial score (nSPS) is 13.5. The SMILES string of the molecule is C/C(=C\C(=O)O)C(C)Sc1nc(N)cc(Cl)n1. The van der Waals surface area contributed by atoms with Crippen molar-refractivity contribution < 1.29 is 9.90 Å². The van der Waals surface area contributed by atoms with Crippen LogP contribution in [0.5, 0.6) is 0 Å². The third-order valence-electron chi connectivity index (χ3n) is 1.97. The molecule has 0 aliphatic rings. The van der Waals surface area contributed by atoms with Gasteiger partial charge in [0.05, 0.1) is 0 Å². The summed E-state index contributed by atoms with van der Waals surface area (Å²) in [5.74, 6) is -0.680. The average molecular weight is 274 g/mol. The summed E-state index contributed by atoms with van der Waals surface area (Å²) >= 11 is 7.05. The van der Waals surface area contributed by atoms with Gasteiger partial charge in [-0.05, 0) is 13.8 Å². The highest BCUT2D eigenvalue weighted by Gasteiger charge is 2.11. The molecule has 0 spiro atoms.